The Balaban J connectivity index is 1.36. The summed E-state index contributed by atoms with van der Waals surface area (Å²) in [5, 5.41) is 7.05. The minimum Gasteiger partial charge on any atom is -0.495 e. The molecule has 4 saturated carbocycles. The monoisotopic (exact) mass is 376 g/mol. The van der Waals surface area contributed by atoms with Gasteiger partial charge in [0.25, 0.3) is 0 Å². The van der Waals surface area contributed by atoms with Gasteiger partial charge in [0.2, 0.25) is 5.91 Å². The summed E-state index contributed by atoms with van der Waals surface area (Å²) in [5.41, 5.74) is 1.05. The molecule has 1 aromatic rings. The zero-order valence-corrected chi connectivity index (χ0v) is 16.4. The van der Waals surface area contributed by atoms with Crippen LogP contribution in [0.15, 0.2) is 18.2 Å². The van der Waals surface area contributed by atoms with Gasteiger partial charge < -0.3 is 15.4 Å². The summed E-state index contributed by atoms with van der Waals surface area (Å²) in [5.74, 6) is 3.38. The van der Waals surface area contributed by atoms with Crippen molar-refractivity contribution < 1.29 is 9.53 Å². The van der Waals surface area contributed by atoms with Crippen LogP contribution in [0.2, 0.25) is 5.02 Å². The Morgan fingerprint density at radius 3 is 2.42 bits per heavy atom. The van der Waals surface area contributed by atoms with Gasteiger partial charge in [-0.25, -0.2) is 0 Å². The van der Waals surface area contributed by atoms with Crippen molar-refractivity contribution in [3.8, 4) is 5.75 Å². The predicted octanol–water partition coefficient (Wildman–Crippen LogP) is 4.48. The van der Waals surface area contributed by atoms with Crippen molar-refractivity contribution in [2.45, 2.75) is 51.5 Å². The van der Waals surface area contributed by atoms with E-state index >= 15 is 0 Å². The van der Waals surface area contributed by atoms with Crippen molar-refractivity contribution >= 4 is 23.2 Å². The Morgan fingerprint density at radius 1 is 1.23 bits per heavy atom. The van der Waals surface area contributed by atoms with Gasteiger partial charge in [0, 0.05) is 11.6 Å². The van der Waals surface area contributed by atoms with Gasteiger partial charge in [0.15, 0.2) is 0 Å². The zero-order chi connectivity index (χ0) is 18.3. The lowest BCUT2D eigenvalue weighted by Crippen LogP contribution is -2.52. The van der Waals surface area contributed by atoms with Gasteiger partial charge in [-0.1, -0.05) is 11.6 Å². The Bertz CT molecular complexity index is 655. The normalized spacial score (nSPS) is 33.1. The minimum absolute atomic E-state index is 0.0460. The SMILES string of the molecule is COc1ccc(Cl)cc1NC(=O)[C@H](C)NCC12CC3CC(CC(C3)C1)C2. The molecule has 0 spiro atoms. The average molecular weight is 377 g/mol. The second kappa shape index (κ2) is 7.05. The molecule has 142 valence electrons. The first-order chi connectivity index (χ1) is 12.5. The number of ether oxygens (including phenoxy) is 1. The van der Waals surface area contributed by atoms with E-state index < -0.39 is 0 Å². The summed E-state index contributed by atoms with van der Waals surface area (Å²) in [4.78, 5) is 12.6. The lowest BCUT2D eigenvalue weighted by Gasteiger charge is -2.57. The van der Waals surface area contributed by atoms with Crippen LogP contribution in [-0.2, 0) is 4.79 Å². The predicted molar refractivity (Wildman–Crippen MR) is 105 cm³/mol. The van der Waals surface area contributed by atoms with Gasteiger partial charge in [-0.15, -0.1) is 0 Å². The van der Waals surface area contributed by atoms with Crippen molar-refractivity contribution in [3.63, 3.8) is 0 Å². The number of halogens is 1. The van der Waals surface area contributed by atoms with Gasteiger partial charge in [-0.2, -0.15) is 0 Å². The molecule has 1 aromatic carbocycles. The summed E-state index contributed by atoms with van der Waals surface area (Å²) in [6.07, 6.45) is 8.39. The molecule has 5 heteroatoms. The maximum Gasteiger partial charge on any atom is 0.241 e. The third-order valence-corrected chi connectivity index (χ3v) is 7.00. The van der Waals surface area contributed by atoms with E-state index in [1.165, 1.54) is 38.5 Å². The topological polar surface area (TPSA) is 50.4 Å². The number of amides is 1. The van der Waals surface area contributed by atoms with Gasteiger partial charge >= 0.3 is 0 Å². The van der Waals surface area contributed by atoms with E-state index in [2.05, 4.69) is 10.6 Å². The maximum absolute atomic E-state index is 12.6. The van der Waals surface area contributed by atoms with Crippen LogP contribution in [0.1, 0.15) is 45.4 Å². The third-order valence-electron chi connectivity index (χ3n) is 6.76. The number of carbonyl (C=O) groups is 1. The lowest BCUT2D eigenvalue weighted by molar-refractivity contribution is -0.118. The summed E-state index contributed by atoms with van der Waals surface area (Å²) in [7, 11) is 1.59. The van der Waals surface area contributed by atoms with Crippen LogP contribution in [0.4, 0.5) is 5.69 Å². The van der Waals surface area contributed by atoms with Crippen molar-refractivity contribution in [2.75, 3.05) is 19.0 Å². The van der Waals surface area contributed by atoms with Crippen molar-refractivity contribution in [1.29, 1.82) is 0 Å². The first-order valence-electron chi connectivity index (χ1n) is 9.84. The highest BCUT2D eigenvalue weighted by Gasteiger charge is 2.50. The van der Waals surface area contributed by atoms with Gasteiger partial charge in [0.1, 0.15) is 5.75 Å². The highest BCUT2D eigenvalue weighted by Crippen LogP contribution is 2.59. The molecule has 0 radical (unpaired) electrons. The largest absolute Gasteiger partial charge is 0.495 e. The van der Waals surface area contributed by atoms with Crippen molar-refractivity contribution in [1.82, 2.24) is 5.32 Å². The molecular formula is C21H29ClN2O2. The Hall–Kier alpha value is -1.26. The highest BCUT2D eigenvalue weighted by molar-refractivity contribution is 6.31. The van der Waals surface area contributed by atoms with E-state index in [0.717, 1.165) is 24.3 Å². The van der Waals surface area contributed by atoms with Crippen molar-refractivity contribution in [2.24, 2.45) is 23.2 Å². The van der Waals surface area contributed by atoms with E-state index in [4.69, 9.17) is 16.3 Å². The fourth-order valence-electron chi connectivity index (χ4n) is 5.99. The highest BCUT2D eigenvalue weighted by atomic mass is 35.5. The minimum atomic E-state index is -0.244. The third kappa shape index (κ3) is 3.59. The van der Waals surface area contributed by atoms with Crippen LogP contribution in [0.25, 0.3) is 0 Å². The zero-order valence-electron chi connectivity index (χ0n) is 15.7. The fraction of sp³-hybridized carbons (Fsp3) is 0.667. The van der Waals surface area contributed by atoms with Gasteiger partial charge in [-0.05, 0) is 86.8 Å². The summed E-state index contributed by atoms with van der Waals surface area (Å²) >= 11 is 6.05. The smallest absolute Gasteiger partial charge is 0.241 e. The molecule has 1 amide bonds. The molecule has 4 nitrogen and oxygen atoms in total. The van der Waals surface area contributed by atoms with E-state index in [1.807, 2.05) is 6.92 Å². The fourth-order valence-corrected chi connectivity index (χ4v) is 6.16. The first-order valence-corrected chi connectivity index (χ1v) is 10.2. The Morgan fingerprint density at radius 2 is 1.85 bits per heavy atom. The summed E-state index contributed by atoms with van der Waals surface area (Å²) in [6, 6.07) is 5.01. The van der Waals surface area contributed by atoms with Gasteiger partial charge in [0.05, 0.1) is 18.8 Å². The van der Waals surface area contributed by atoms with Crippen LogP contribution in [-0.4, -0.2) is 25.6 Å². The van der Waals surface area contributed by atoms with E-state index in [1.54, 1.807) is 25.3 Å². The van der Waals surface area contributed by atoms with E-state index in [9.17, 15) is 4.79 Å². The molecule has 4 aliphatic rings. The second-order valence-corrected chi connectivity index (χ2v) is 9.29. The molecular weight excluding hydrogens is 348 g/mol. The van der Waals surface area contributed by atoms with Crippen molar-refractivity contribution in [3.05, 3.63) is 23.2 Å². The lowest BCUT2D eigenvalue weighted by atomic mass is 9.49. The summed E-state index contributed by atoms with van der Waals surface area (Å²) in [6.45, 7) is 2.89. The molecule has 1 atom stereocenters. The number of anilines is 1. The van der Waals surface area contributed by atoms with E-state index in [-0.39, 0.29) is 11.9 Å². The number of nitrogens with one attached hydrogen (secondary N) is 2. The van der Waals surface area contributed by atoms with E-state index in [0.29, 0.717) is 21.9 Å². The molecule has 0 unspecified atom stereocenters. The molecule has 0 heterocycles. The second-order valence-electron chi connectivity index (χ2n) is 8.85. The van der Waals surface area contributed by atoms with Gasteiger partial charge in [-0.3, -0.25) is 4.79 Å². The number of hydrogen-bond acceptors (Lipinski definition) is 3. The number of carbonyl (C=O) groups excluding carboxylic acids is 1. The molecule has 2 N–H and O–H groups in total. The molecule has 0 aromatic heterocycles. The standard InChI is InChI=1S/C21H29ClN2O2/c1-13(20(25)24-18-8-17(22)3-4-19(18)26-2)23-12-21-9-14-5-15(10-21)7-16(6-14)11-21/h3-4,8,13-16,23H,5-7,9-12H2,1-2H3,(H,24,25)/t13-,14?,15?,16?,21?/m0/s1. The Kier molecular flexibility index (Phi) is 4.91. The Labute approximate surface area is 161 Å². The van der Waals surface area contributed by atoms with Crippen LogP contribution < -0.4 is 15.4 Å². The van der Waals surface area contributed by atoms with Crippen LogP contribution in [0.3, 0.4) is 0 Å². The molecule has 4 fully saturated rings. The quantitative estimate of drug-likeness (QED) is 0.769. The molecule has 0 saturated heterocycles. The molecule has 0 aliphatic heterocycles. The number of hydrogen-bond donors (Lipinski definition) is 2. The first kappa shape index (κ1) is 18.1. The van der Waals surface area contributed by atoms with Crippen LogP contribution in [0.5, 0.6) is 5.75 Å². The number of benzene rings is 1. The molecule has 5 rings (SSSR count). The molecule has 4 bridgehead atoms. The number of methoxy groups -OCH3 is 1. The average Bonchev–Trinajstić information content (AvgIpc) is 2.59. The maximum atomic E-state index is 12.6. The number of rotatable bonds is 6. The van der Waals surface area contributed by atoms with Crippen LogP contribution >= 0.6 is 11.6 Å². The summed E-state index contributed by atoms with van der Waals surface area (Å²) < 4.78 is 5.31. The molecule has 26 heavy (non-hydrogen) atoms. The van der Waals surface area contributed by atoms with Crippen LogP contribution in [0, 0.1) is 23.2 Å². The molecule has 4 aliphatic carbocycles.